The zero-order valence-electron chi connectivity index (χ0n) is 12.2. The van der Waals surface area contributed by atoms with E-state index in [2.05, 4.69) is 50.9 Å². The van der Waals surface area contributed by atoms with Crippen LogP contribution in [0.1, 0.15) is 50.7 Å². The van der Waals surface area contributed by atoms with Gasteiger partial charge in [0.25, 0.3) is 0 Å². The second-order valence-electron chi connectivity index (χ2n) is 6.53. The standard InChI is InChI=1S/C16H23NO2/c1-16(2,3)12-6-7-14-13(9-12)11(10-17(14)4)5-8-15(18)19/h6-7,9,11H,5,8,10H2,1-4H3,(H,18,19). The molecule has 0 saturated heterocycles. The molecule has 0 aliphatic carbocycles. The van der Waals surface area contributed by atoms with Gasteiger partial charge in [0.15, 0.2) is 0 Å². The lowest BCUT2D eigenvalue weighted by Gasteiger charge is -2.21. The number of fused-ring (bicyclic) bond motifs is 1. The van der Waals surface area contributed by atoms with Crippen molar-refractivity contribution in [2.75, 3.05) is 18.5 Å². The van der Waals surface area contributed by atoms with Gasteiger partial charge in [-0.15, -0.1) is 0 Å². The van der Waals surface area contributed by atoms with Gasteiger partial charge in [0.05, 0.1) is 0 Å². The van der Waals surface area contributed by atoms with Gasteiger partial charge < -0.3 is 10.0 Å². The minimum absolute atomic E-state index is 0.132. The summed E-state index contributed by atoms with van der Waals surface area (Å²) in [5, 5.41) is 8.86. The molecule has 19 heavy (non-hydrogen) atoms. The van der Waals surface area contributed by atoms with Crippen molar-refractivity contribution < 1.29 is 9.90 Å². The van der Waals surface area contributed by atoms with Crippen molar-refractivity contribution in [3.05, 3.63) is 29.3 Å². The van der Waals surface area contributed by atoms with E-state index in [1.54, 1.807) is 0 Å². The van der Waals surface area contributed by atoms with Gasteiger partial charge in [0.1, 0.15) is 0 Å². The van der Waals surface area contributed by atoms with Crippen LogP contribution in [0.15, 0.2) is 18.2 Å². The van der Waals surface area contributed by atoms with Gasteiger partial charge in [-0.3, -0.25) is 4.79 Å². The highest BCUT2D eigenvalue weighted by Gasteiger charge is 2.28. The molecule has 1 N–H and O–H groups in total. The average Bonchev–Trinajstić information content (AvgIpc) is 2.62. The average molecular weight is 261 g/mol. The molecule has 1 aromatic rings. The van der Waals surface area contributed by atoms with Crippen molar-refractivity contribution in [2.24, 2.45) is 0 Å². The van der Waals surface area contributed by atoms with Crippen LogP contribution in [0.4, 0.5) is 5.69 Å². The fourth-order valence-corrected chi connectivity index (χ4v) is 2.77. The Hall–Kier alpha value is -1.51. The van der Waals surface area contributed by atoms with Crippen LogP contribution < -0.4 is 4.90 Å². The molecule has 0 amide bonds. The Kier molecular flexibility index (Phi) is 3.57. The Morgan fingerprint density at radius 3 is 2.68 bits per heavy atom. The van der Waals surface area contributed by atoms with E-state index in [0.717, 1.165) is 13.0 Å². The van der Waals surface area contributed by atoms with Crippen LogP contribution in [-0.2, 0) is 10.2 Å². The van der Waals surface area contributed by atoms with Crippen molar-refractivity contribution in [3.63, 3.8) is 0 Å². The van der Waals surface area contributed by atoms with Crippen LogP contribution in [0.3, 0.4) is 0 Å². The fraction of sp³-hybridized carbons (Fsp3) is 0.562. The topological polar surface area (TPSA) is 40.5 Å². The van der Waals surface area contributed by atoms with Gasteiger partial charge in [-0.05, 0) is 29.0 Å². The summed E-state index contributed by atoms with van der Waals surface area (Å²) in [7, 11) is 2.08. The first-order valence-corrected chi connectivity index (χ1v) is 6.86. The van der Waals surface area contributed by atoms with Crippen molar-refractivity contribution in [2.45, 2.75) is 44.9 Å². The maximum absolute atomic E-state index is 10.8. The smallest absolute Gasteiger partial charge is 0.303 e. The van der Waals surface area contributed by atoms with E-state index < -0.39 is 5.97 Å². The number of carboxylic acid groups (broad SMARTS) is 1. The van der Waals surface area contributed by atoms with Crippen molar-refractivity contribution in [3.8, 4) is 0 Å². The molecule has 0 saturated carbocycles. The molecule has 3 nitrogen and oxygen atoms in total. The molecular weight excluding hydrogens is 238 g/mol. The Bertz CT molecular complexity index is 488. The van der Waals surface area contributed by atoms with E-state index in [4.69, 9.17) is 5.11 Å². The number of carbonyl (C=O) groups is 1. The molecule has 0 aromatic heterocycles. The minimum Gasteiger partial charge on any atom is -0.481 e. The van der Waals surface area contributed by atoms with Crippen molar-refractivity contribution in [1.29, 1.82) is 0 Å². The van der Waals surface area contributed by atoms with Crippen molar-refractivity contribution >= 4 is 11.7 Å². The summed E-state index contributed by atoms with van der Waals surface area (Å²) >= 11 is 0. The number of aliphatic carboxylic acids is 1. The van der Waals surface area contributed by atoms with Gasteiger partial charge in [0.2, 0.25) is 0 Å². The molecule has 1 heterocycles. The quantitative estimate of drug-likeness (QED) is 0.906. The molecule has 1 unspecified atom stereocenters. The summed E-state index contributed by atoms with van der Waals surface area (Å²) in [4.78, 5) is 13.0. The summed E-state index contributed by atoms with van der Waals surface area (Å²) in [6.07, 6.45) is 0.970. The van der Waals surface area contributed by atoms with E-state index >= 15 is 0 Å². The number of likely N-dealkylation sites (N-methyl/N-ethyl adjacent to an activating group) is 1. The summed E-state index contributed by atoms with van der Waals surface area (Å²) in [5.74, 6) is -0.360. The number of carboxylic acids is 1. The molecule has 1 aliphatic heterocycles. The van der Waals surface area contributed by atoms with Crippen LogP contribution in [0.2, 0.25) is 0 Å². The molecule has 2 rings (SSSR count). The number of anilines is 1. The van der Waals surface area contributed by atoms with Gasteiger partial charge in [-0.1, -0.05) is 32.9 Å². The number of hydrogen-bond acceptors (Lipinski definition) is 2. The minimum atomic E-state index is -0.705. The molecule has 1 atom stereocenters. The molecule has 3 heteroatoms. The first kappa shape index (κ1) is 13.9. The van der Waals surface area contributed by atoms with Crippen LogP contribution in [-0.4, -0.2) is 24.7 Å². The second kappa shape index (κ2) is 4.87. The summed E-state index contributed by atoms with van der Waals surface area (Å²) in [6.45, 7) is 7.55. The lowest BCUT2D eigenvalue weighted by molar-refractivity contribution is -0.137. The van der Waals surface area contributed by atoms with Crippen LogP contribution in [0.25, 0.3) is 0 Å². The monoisotopic (exact) mass is 261 g/mol. The molecule has 0 fully saturated rings. The SMILES string of the molecule is CN1CC(CCC(=O)O)c2cc(C(C)(C)C)ccc21. The van der Waals surface area contributed by atoms with E-state index in [9.17, 15) is 4.79 Å². The normalized spacial score (nSPS) is 18.5. The van der Waals surface area contributed by atoms with Gasteiger partial charge in [-0.2, -0.15) is 0 Å². The van der Waals surface area contributed by atoms with Gasteiger partial charge in [0, 0.05) is 31.6 Å². The zero-order valence-corrected chi connectivity index (χ0v) is 12.2. The second-order valence-corrected chi connectivity index (χ2v) is 6.53. The summed E-state index contributed by atoms with van der Waals surface area (Å²) < 4.78 is 0. The first-order valence-electron chi connectivity index (χ1n) is 6.86. The number of nitrogens with zero attached hydrogens (tertiary/aromatic N) is 1. The predicted molar refractivity (Wildman–Crippen MR) is 78.0 cm³/mol. The molecule has 0 bridgehead atoms. The van der Waals surface area contributed by atoms with Crippen LogP contribution in [0.5, 0.6) is 0 Å². The van der Waals surface area contributed by atoms with Crippen LogP contribution in [0, 0.1) is 0 Å². The Morgan fingerprint density at radius 1 is 1.42 bits per heavy atom. The molecule has 1 aromatic carbocycles. The molecule has 1 aliphatic rings. The highest BCUT2D eigenvalue weighted by atomic mass is 16.4. The molecule has 0 spiro atoms. The van der Waals surface area contributed by atoms with Gasteiger partial charge >= 0.3 is 5.97 Å². The third-order valence-corrected chi connectivity index (χ3v) is 3.95. The maximum Gasteiger partial charge on any atom is 0.303 e. The highest BCUT2D eigenvalue weighted by Crippen LogP contribution is 2.40. The molecular formula is C16H23NO2. The third kappa shape index (κ3) is 2.91. The van der Waals surface area contributed by atoms with E-state index in [1.165, 1.54) is 16.8 Å². The van der Waals surface area contributed by atoms with E-state index in [0.29, 0.717) is 5.92 Å². The lowest BCUT2D eigenvalue weighted by Crippen LogP contribution is -2.15. The number of benzene rings is 1. The fourth-order valence-electron chi connectivity index (χ4n) is 2.77. The molecule has 104 valence electrons. The zero-order chi connectivity index (χ0) is 14.2. The Morgan fingerprint density at radius 2 is 2.11 bits per heavy atom. The van der Waals surface area contributed by atoms with Gasteiger partial charge in [-0.25, -0.2) is 0 Å². The summed E-state index contributed by atoms with van der Waals surface area (Å²) in [6, 6.07) is 6.64. The lowest BCUT2D eigenvalue weighted by atomic mass is 9.84. The van der Waals surface area contributed by atoms with Crippen LogP contribution >= 0.6 is 0 Å². The number of hydrogen-bond donors (Lipinski definition) is 1. The highest BCUT2D eigenvalue weighted by molar-refractivity contribution is 5.67. The molecule has 0 radical (unpaired) electrons. The predicted octanol–water partition coefficient (Wildman–Crippen LogP) is 3.38. The Labute approximate surface area is 115 Å². The largest absolute Gasteiger partial charge is 0.481 e. The maximum atomic E-state index is 10.8. The number of rotatable bonds is 3. The van der Waals surface area contributed by atoms with E-state index in [1.807, 2.05) is 0 Å². The summed E-state index contributed by atoms with van der Waals surface area (Å²) in [5.41, 5.74) is 4.02. The third-order valence-electron chi connectivity index (χ3n) is 3.95. The first-order chi connectivity index (χ1) is 8.79. The Balaban J connectivity index is 2.29. The van der Waals surface area contributed by atoms with E-state index in [-0.39, 0.29) is 11.8 Å². The van der Waals surface area contributed by atoms with Crippen molar-refractivity contribution in [1.82, 2.24) is 0 Å².